The van der Waals surface area contributed by atoms with Gasteiger partial charge in [-0.25, -0.2) is 4.79 Å². The zero-order chi connectivity index (χ0) is 20.8. The number of nitrogens with one attached hydrogen (secondary N) is 3. The number of benzene rings is 1. The van der Waals surface area contributed by atoms with E-state index in [1.807, 2.05) is 17.5 Å². The number of imide groups is 1. The first-order chi connectivity index (χ1) is 13.9. The number of esters is 1. The quantitative estimate of drug-likeness (QED) is 0.579. The molecule has 1 atom stereocenters. The summed E-state index contributed by atoms with van der Waals surface area (Å²) >= 11 is 8.59. The van der Waals surface area contributed by atoms with Gasteiger partial charge in [-0.05, 0) is 29.6 Å². The first-order valence-corrected chi connectivity index (χ1v) is 10.6. The number of carbonyl (C=O) groups is 4. The average molecular weight is 454 g/mol. The zero-order valence-corrected chi connectivity index (χ0v) is 17.3. The van der Waals surface area contributed by atoms with Crippen LogP contribution in [0.2, 0.25) is 5.02 Å². The summed E-state index contributed by atoms with van der Waals surface area (Å²) in [5.74, 6) is -1.83. The molecule has 0 radical (unpaired) electrons. The number of anilines is 1. The van der Waals surface area contributed by atoms with Crippen molar-refractivity contribution in [2.24, 2.45) is 0 Å². The lowest BCUT2D eigenvalue weighted by molar-refractivity contribution is -0.148. The SMILES string of the molecule is O=C(COC(=O)CC1Sc2ccc(Cl)cc2NC1=O)NC(=O)NCc1cccs1. The fourth-order valence-electron chi connectivity index (χ4n) is 2.40. The summed E-state index contributed by atoms with van der Waals surface area (Å²) in [6.07, 6.45) is -0.212. The van der Waals surface area contributed by atoms with Gasteiger partial charge >= 0.3 is 12.0 Å². The van der Waals surface area contributed by atoms with Crippen LogP contribution < -0.4 is 16.0 Å². The van der Waals surface area contributed by atoms with Crippen molar-refractivity contribution in [3.05, 3.63) is 45.6 Å². The van der Waals surface area contributed by atoms with Crippen molar-refractivity contribution in [2.75, 3.05) is 11.9 Å². The van der Waals surface area contributed by atoms with Crippen molar-refractivity contribution < 1.29 is 23.9 Å². The number of rotatable bonds is 6. The van der Waals surface area contributed by atoms with E-state index >= 15 is 0 Å². The van der Waals surface area contributed by atoms with Crippen LogP contribution in [0.25, 0.3) is 0 Å². The predicted octanol–water partition coefficient (Wildman–Crippen LogP) is 2.77. The molecule has 1 unspecified atom stereocenters. The minimum absolute atomic E-state index is 0.212. The maximum Gasteiger partial charge on any atom is 0.321 e. The van der Waals surface area contributed by atoms with Crippen molar-refractivity contribution in [1.82, 2.24) is 10.6 Å². The van der Waals surface area contributed by atoms with Crippen molar-refractivity contribution in [3.63, 3.8) is 0 Å². The second kappa shape index (κ2) is 9.77. The van der Waals surface area contributed by atoms with Gasteiger partial charge in [0, 0.05) is 14.8 Å². The summed E-state index contributed by atoms with van der Waals surface area (Å²) < 4.78 is 4.87. The van der Waals surface area contributed by atoms with Crippen LogP contribution in [0.15, 0.2) is 40.6 Å². The molecule has 3 rings (SSSR count). The minimum atomic E-state index is -0.761. The Labute approximate surface area is 179 Å². The molecule has 3 N–H and O–H groups in total. The van der Waals surface area contributed by atoms with E-state index in [-0.39, 0.29) is 18.9 Å². The van der Waals surface area contributed by atoms with E-state index in [4.69, 9.17) is 16.3 Å². The van der Waals surface area contributed by atoms with Crippen LogP contribution in [0.1, 0.15) is 11.3 Å². The van der Waals surface area contributed by atoms with Crippen LogP contribution in [-0.2, 0) is 25.7 Å². The monoisotopic (exact) mass is 453 g/mol. The predicted molar refractivity (Wildman–Crippen MR) is 110 cm³/mol. The van der Waals surface area contributed by atoms with Crippen molar-refractivity contribution >= 4 is 64.2 Å². The van der Waals surface area contributed by atoms with Gasteiger partial charge in [0.25, 0.3) is 5.91 Å². The standard InChI is InChI=1S/C18H16ClN3O5S2/c19-10-3-4-13-12(6-10)21-17(25)14(29-13)7-16(24)27-9-15(23)22-18(26)20-8-11-2-1-5-28-11/h1-6,14H,7-9H2,(H,21,25)(H2,20,22,23,26). The van der Waals surface area contributed by atoms with Crippen LogP contribution in [0.5, 0.6) is 0 Å². The van der Waals surface area contributed by atoms with Gasteiger partial charge in [0.05, 0.1) is 23.9 Å². The number of hydrogen-bond donors (Lipinski definition) is 3. The molecular weight excluding hydrogens is 438 g/mol. The molecule has 0 bridgehead atoms. The number of hydrogen-bond acceptors (Lipinski definition) is 7. The molecule has 8 nitrogen and oxygen atoms in total. The number of carbonyl (C=O) groups excluding carboxylic acids is 4. The summed E-state index contributed by atoms with van der Waals surface area (Å²) in [5.41, 5.74) is 0.588. The van der Waals surface area contributed by atoms with Gasteiger partial charge < -0.3 is 15.4 Å². The van der Waals surface area contributed by atoms with Gasteiger partial charge in [0.2, 0.25) is 5.91 Å². The Morgan fingerprint density at radius 1 is 1.24 bits per heavy atom. The molecule has 152 valence electrons. The lowest BCUT2D eigenvalue weighted by Gasteiger charge is -2.23. The fourth-order valence-corrected chi connectivity index (χ4v) is 4.29. The molecule has 2 heterocycles. The van der Waals surface area contributed by atoms with Gasteiger partial charge in [0.1, 0.15) is 0 Å². The maximum absolute atomic E-state index is 12.1. The highest BCUT2D eigenvalue weighted by atomic mass is 35.5. The van der Waals surface area contributed by atoms with Gasteiger partial charge in [-0.15, -0.1) is 23.1 Å². The fraction of sp³-hybridized carbons (Fsp3) is 0.222. The molecule has 2 aromatic rings. The Bertz CT molecular complexity index is 936. The number of fused-ring (bicyclic) bond motifs is 1. The lowest BCUT2D eigenvalue weighted by Crippen LogP contribution is -2.41. The Morgan fingerprint density at radius 3 is 2.83 bits per heavy atom. The van der Waals surface area contributed by atoms with Crippen molar-refractivity contribution in [3.8, 4) is 0 Å². The lowest BCUT2D eigenvalue weighted by atomic mass is 10.2. The van der Waals surface area contributed by atoms with Crippen LogP contribution in [0, 0.1) is 0 Å². The highest BCUT2D eigenvalue weighted by Gasteiger charge is 2.30. The van der Waals surface area contributed by atoms with Crippen LogP contribution in [0.3, 0.4) is 0 Å². The van der Waals surface area contributed by atoms with E-state index in [9.17, 15) is 19.2 Å². The number of thiophene rings is 1. The molecular formula is C18H16ClN3O5S2. The number of ether oxygens (including phenoxy) is 1. The topological polar surface area (TPSA) is 114 Å². The highest BCUT2D eigenvalue weighted by Crippen LogP contribution is 2.38. The number of halogens is 1. The first kappa shape index (κ1) is 21.2. The maximum atomic E-state index is 12.1. The zero-order valence-electron chi connectivity index (χ0n) is 14.9. The normalized spacial score (nSPS) is 15.1. The van der Waals surface area contributed by atoms with E-state index in [0.717, 1.165) is 9.77 Å². The molecule has 1 aliphatic rings. The van der Waals surface area contributed by atoms with Crippen LogP contribution >= 0.6 is 34.7 Å². The average Bonchev–Trinajstić information content (AvgIpc) is 3.19. The van der Waals surface area contributed by atoms with E-state index < -0.39 is 29.8 Å². The van der Waals surface area contributed by atoms with Crippen molar-refractivity contribution in [2.45, 2.75) is 23.1 Å². The molecule has 0 spiro atoms. The first-order valence-electron chi connectivity index (χ1n) is 8.43. The molecule has 0 saturated carbocycles. The third-order valence-corrected chi connectivity index (χ3v) is 6.12. The third-order valence-electron chi connectivity index (χ3n) is 3.73. The van der Waals surface area contributed by atoms with E-state index in [2.05, 4.69) is 16.0 Å². The largest absolute Gasteiger partial charge is 0.456 e. The third kappa shape index (κ3) is 6.21. The molecule has 1 aromatic heterocycles. The van der Waals surface area contributed by atoms with E-state index in [1.165, 1.54) is 23.1 Å². The minimum Gasteiger partial charge on any atom is -0.456 e. The molecule has 0 fully saturated rings. The Morgan fingerprint density at radius 2 is 2.07 bits per heavy atom. The van der Waals surface area contributed by atoms with Gasteiger partial charge in [-0.3, -0.25) is 19.7 Å². The van der Waals surface area contributed by atoms with Crippen LogP contribution in [-0.4, -0.2) is 35.7 Å². The van der Waals surface area contributed by atoms with Gasteiger partial charge in [-0.2, -0.15) is 0 Å². The van der Waals surface area contributed by atoms with Crippen LogP contribution in [0.4, 0.5) is 10.5 Å². The molecule has 0 aliphatic carbocycles. The highest BCUT2D eigenvalue weighted by molar-refractivity contribution is 8.01. The van der Waals surface area contributed by atoms with Gasteiger partial charge in [0.15, 0.2) is 6.61 Å². The number of thioether (sulfide) groups is 1. The summed E-state index contributed by atoms with van der Waals surface area (Å²) in [6.45, 7) is -0.326. The number of urea groups is 1. The molecule has 0 saturated heterocycles. The molecule has 1 aliphatic heterocycles. The summed E-state index contributed by atoms with van der Waals surface area (Å²) in [4.78, 5) is 49.2. The Kier molecular flexibility index (Phi) is 7.13. The second-order valence-corrected chi connectivity index (χ2v) is 8.62. The summed E-state index contributed by atoms with van der Waals surface area (Å²) in [5, 5.41) is 8.96. The summed E-state index contributed by atoms with van der Waals surface area (Å²) in [7, 11) is 0. The Hall–Kier alpha value is -2.56. The van der Waals surface area contributed by atoms with E-state index in [0.29, 0.717) is 10.7 Å². The van der Waals surface area contributed by atoms with Crippen molar-refractivity contribution in [1.29, 1.82) is 0 Å². The van der Waals surface area contributed by atoms with Gasteiger partial charge in [-0.1, -0.05) is 17.7 Å². The molecule has 29 heavy (non-hydrogen) atoms. The molecule has 11 heteroatoms. The smallest absolute Gasteiger partial charge is 0.321 e. The Balaban J connectivity index is 1.40. The van der Waals surface area contributed by atoms with E-state index in [1.54, 1.807) is 18.2 Å². The number of amides is 4. The summed E-state index contributed by atoms with van der Waals surface area (Å²) in [6, 6.07) is 8.08. The second-order valence-electron chi connectivity index (χ2n) is 5.91. The molecule has 1 aromatic carbocycles. The molecule has 4 amide bonds.